The Kier molecular flexibility index (Phi) is 5.86. The van der Waals surface area contributed by atoms with Gasteiger partial charge in [0, 0.05) is 11.1 Å². The van der Waals surface area contributed by atoms with Gasteiger partial charge in [0.15, 0.2) is 0 Å². The summed E-state index contributed by atoms with van der Waals surface area (Å²) in [7, 11) is 1.59. The third kappa shape index (κ3) is 4.30. The van der Waals surface area contributed by atoms with Crippen LogP contribution >= 0.6 is 0 Å². The minimum atomic E-state index is 0.00336. The smallest absolute Gasteiger partial charge is 0.222 e. The van der Waals surface area contributed by atoms with Crippen LogP contribution in [0.1, 0.15) is 11.1 Å². The van der Waals surface area contributed by atoms with Gasteiger partial charge in [-0.05, 0) is 41.5 Å². The fraction of sp³-hybridized carbons (Fsp3) is 0.0800. The zero-order valence-corrected chi connectivity index (χ0v) is 17.4. The minimum Gasteiger partial charge on any atom is -0.496 e. The summed E-state index contributed by atoms with van der Waals surface area (Å²) in [6.07, 6.45) is 0. The van der Waals surface area contributed by atoms with E-state index in [-0.39, 0.29) is 23.9 Å². The highest BCUT2D eigenvalue weighted by molar-refractivity contribution is 5.74. The van der Waals surface area contributed by atoms with Crippen molar-refractivity contribution in [1.29, 1.82) is 5.26 Å². The Labute approximate surface area is 185 Å². The summed E-state index contributed by atoms with van der Waals surface area (Å²) >= 11 is 0. The second-order valence-corrected chi connectivity index (χ2v) is 7.01. The lowest BCUT2D eigenvalue weighted by Crippen LogP contribution is -2.05. The zero-order chi connectivity index (χ0) is 22.5. The zero-order valence-electron chi connectivity index (χ0n) is 17.4. The van der Waals surface area contributed by atoms with E-state index < -0.39 is 0 Å². The highest BCUT2D eigenvalue weighted by Gasteiger charge is 2.15. The number of ether oxygens (including phenoxy) is 2. The summed E-state index contributed by atoms with van der Waals surface area (Å²) in [5, 5.41) is 9.48. The predicted molar refractivity (Wildman–Crippen MR) is 124 cm³/mol. The largest absolute Gasteiger partial charge is 0.496 e. The minimum absolute atomic E-state index is 0.00336. The average Bonchev–Trinajstić information content (AvgIpc) is 2.83. The Morgan fingerprint density at radius 1 is 0.875 bits per heavy atom. The van der Waals surface area contributed by atoms with E-state index in [4.69, 9.17) is 20.9 Å². The molecule has 0 aliphatic heterocycles. The summed E-state index contributed by atoms with van der Waals surface area (Å²) < 4.78 is 11.5. The first kappa shape index (κ1) is 20.7. The maximum absolute atomic E-state index is 9.48. The molecule has 0 spiro atoms. The highest BCUT2D eigenvalue weighted by atomic mass is 16.5. The van der Waals surface area contributed by atoms with Crippen molar-refractivity contribution >= 4 is 11.8 Å². The van der Waals surface area contributed by atoms with Crippen molar-refractivity contribution in [3.8, 4) is 40.0 Å². The van der Waals surface area contributed by atoms with Gasteiger partial charge in [-0.3, -0.25) is 0 Å². The van der Waals surface area contributed by atoms with Crippen LogP contribution in [0.15, 0.2) is 72.8 Å². The van der Waals surface area contributed by atoms with E-state index in [0.717, 1.165) is 22.4 Å². The van der Waals surface area contributed by atoms with Crippen LogP contribution in [0.5, 0.6) is 11.5 Å². The summed E-state index contributed by atoms with van der Waals surface area (Å²) in [6.45, 7) is 0.264. The molecule has 0 amide bonds. The molecule has 3 aromatic carbocycles. The lowest BCUT2D eigenvalue weighted by molar-refractivity contribution is 0.297. The average molecular weight is 423 g/mol. The van der Waals surface area contributed by atoms with Gasteiger partial charge in [0.2, 0.25) is 5.95 Å². The van der Waals surface area contributed by atoms with Crippen LogP contribution in [-0.4, -0.2) is 17.1 Å². The third-order valence-electron chi connectivity index (χ3n) is 4.98. The number of methoxy groups -OCH3 is 1. The highest BCUT2D eigenvalue weighted by Crippen LogP contribution is 2.31. The fourth-order valence-electron chi connectivity index (χ4n) is 3.39. The molecule has 0 atom stereocenters. The number of nitrogens with zero attached hydrogens (tertiary/aromatic N) is 3. The molecule has 0 aliphatic rings. The van der Waals surface area contributed by atoms with Gasteiger partial charge < -0.3 is 20.9 Å². The fourth-order valence-corrected chi connectivity index (χ4v) is 3.39. The molecule has 1 heterocycles. The van der Waals surface area contributed by atoms with Gasteiger partial charge >= 0.3 is 0 Å². The molecule has 0 fully saturated rings. The second kappa shape index (κ2) is 9.06. The number of nitriles is 1. The Morgan fingerprint density at radius 3 is 2.25 bits per heavy atom. The van der Waals surface area contributed by atoms with Crippen molar-refractivity contribution in [1.82, 2.24) is 9.97 Å². The summed E-state index contributed by atoms with van der Waals surface area (Å²) in [5.41, 5.74) is 15.8. The first-order chi connectivity index (χ1) is 15.6. The van der Waals surface area contributed by atoms with E-state index in [2.05, 4.69) is 22.1 Å². The van der Waals surface area contributed by atoms with E-state index in [1.807, 2.05) is 54.6 Å². The van der Waals surface area contributed by atoms with Crippen LogP contribution in [0.3, 0.4) is 0 Å². The monoisotopic (exact) mass is 423 g/mol. The first-order valence-corrected chi connectivity index (χ1v) is 9.87. The molecule has 0 aliphatic carbocycles. The van der Waals surface area contributed by atoms with E-state index in [0.29, 0.717) is 17.0 Å². The standard InChI is InChI=1S/C25H21N5O2/c1-31-22-12-9-18(23-21(14-26)24(27)30-25(28)29-23)13-19(22)15-32-20-10-7-17(8-11-20)16-5-3-2-4-6-16/h2-13H,15H2,1H3,(H4,27,28,29,30). The van der Waals surface area contributed by atoms with Gasteiger partial charge in [0.25, 0.3) is 0 Å². The first-order valence-electron chi connectivity index (χ1n) is 9.87. The molecule has 0 saturated heterocycles. The molecule has 0 radical (unpaired) electrons. The third-order valence-corrected chi connectivity index (χ3v) is 4.98. The van der Waals surface area contributed by atoms with E-state index in [1.54, 1.807) is 19.2 Å². The van der Waals surface area contributed by atoms with Gasteiger partial charge in [-0.15, -0.1) is 0 Å². The molecule has 1 aromatic heterocycles. The van der Waals surface area contributed by atoms with Crippen LogP contribution in [0.4, 0.5) is 11.8 Å². The number of nitrogen functional groups attached to an aromatic ring is 2. The molecule has 4 rings (SSSR count). The molecule has 7 heteroatoms. The van der Waals surface area contributed by atoms with Crippen molar-refractivity contribution in [2.75, 3.05) is 18.6 Å². The summed E-state index contributed by atoms with van der Waals surface area (Å²) in [4.78, 5) is 8.08. The van der Waals surface area contributed by atoms with Crippen LogP contribution in [0.2, 0.25) is 0 Å². The Bertz CT molecular complexity index is 1280. The SMILES string of the molecule is COc1ccc(-c2nc(N)nc(N)c2C#N)cc1COc1ccc(-c2ccccc2)cc1. The summed E-state index contributed by atoms with van der Waals surface area (Å²) in [6, 6.07) is 25.5. The molecule has 0 saturated carbocycles. The molecule has 4 aromatic rings. The Morgan fingerprint density at radius 2 is 1.56 bits per heavy atom. The lowest BCUT2D eigenvalue weighted by Gasteiger charge is -2.13. The number of aromatic nitrogens is 2. The van der Waals surface area contributed by atoms with Crippen molar-refractivity contribution < 1.29 is 9.47 Å². The van der Waals surface area contributed by atoms with Crippen molar-refractivity contribution in [2.24, 2.45) is 0 Å². The Hall–Kier alpha value is -4.57. The van der Waals surface area contributed by atoms with Crippen molar-refractivity contribution in [2.45, 2.75) is 6.61 Å². The number of nitrogens with two attached hydrogens (primary N) is 2. The molecule has 158 valence electrons. The van der Waals surface area contributed by atoms with E-state index >= 15 is 0 Å². The van der Waals surface area contributed by atoms with Crippen LogP contribution in [0, 0.1) is 11.3 Å². The van der Waals surface area contributed by atoms with E-state index in [1.165, 1.54) is 0 Å². The molecule has 0 bridgehead atoms. The van der Waals surface area contributed by atoms with Crippen molar-refractivity contribution in [3.05, 3.63) is 83.9 Å². The van der Waals surface area contributed by atoms with Gasteiger partial charge in [-0.1, -0.05) is 42.5 Å². The number of hydrogen-bond acceptors (Lipinski definition) is 7. The predicted octanol–water partition coefficient (Wildman–Crippen LogP) is 4.43. The second-order valence-electron chi connectivity index (χ2n) is 7.01. The number of anilines is 2. The van der Waals surface area contributed by atoms with E-state index in [9.17, 15) is 5.26 Å². The quantitative estimate of drug-likeness (QED) is 0.470. The van der Waals surface area contributed by atoms with Gasteiger partial charge in [0.1, 0.15) is 35.6 Å². The molecule has 32 heavy (non-hydrogen) atoms. The normalized spacial score (nSPS) is 10.4. The number of hydrogen-bond donors (Lipinski definition) is 2. The van der Waals surface area contributed by atoms with Gasteiger partial charge in [-0.25, -0.2) is 4.98 Å². The number of rotatable bonds is 6. The molecule has 0 unspecified atom stereocenters. The molecular formula is C25H21N5O2. The lowest BCUT2D eigenvalue weighted by atomic mass is 10.0. The molecular weight excluding hydrogens is 402 g/mol. The number of benzene rings is 3. The van der Waals surface area contributed by atoms with Gasteiger partial charge in [0.05, 0.1) is 12.8 Å². The maximum atomic E-state index is 9.48. The molecule has 7 nitrogen and oxygen atoms in total. The van der Waals surface area contributed by atoms with Crippen LogP contribution < -0.4 is 20.9 Å². The van der Waals surface area contributed by atoms with Crippen LogP contribution in [0.25, 0.3) is 22.4 Å². The summed E-state index contributed by atoms with van der Waals surface area (Å²) in [5.74, 6) is 1.43. The maximum Gasteiger partial charge on any atom is 0.222 e. The van der Waals surface area contributed by atoms with Crippen LogP contribution in [-0.2, 0) is 6.61 Å². The van der Waals surface area contributed by atoms with Gasteiger partial charge in [-0.2, -0.15) is 10.2 Å². The van der Waals surface area contributed by atoms with Crippen molar-refractivity contribution in [3.63, 3.8) is 0 Å². The molecule has 4 N–H and O–H groups in total. The topological polar surface area (TPSA) is 120 Å². The Balaban J connectivity index is 1.59.